The van der Waals surface area contributed by atoms with Gasteiger partial charge in [-0.25, -0.2) is 9.37 Å². The number of pyridine rings is 1. The van der Waals surface area contributed by atoms with Gasteiger partial charge < -0.3 is 15.0 Å². The smallest absolute Gasteiger partial charge is 0.378 e. The molecular weight excluding hydrogens is 454 g/mol. The lowest BCUT2D eigenvalue weighted by molar-refractivity contribution is -0.137. The Morgan fingerprint density at radius 2 is 1.91 bits per heavy atom. The highest BCUT2D eigenvalue weighted by Crippen LogP contribution is 2.31. The number of alkyl halides is 3. The van der Waals surface area contributed by atoms with Gasteiger partial charge in [0.25, 0.3) is 5.95 Å². The predicted molar refractivity (Wildman–Crippen MR) is 117 cm³/mol. The highest BCUT2D eigenvalue weighted by atomic mass is 19.4. The minimum Gasteiger partial charge on any atom is -0.378 e. The van der Waals surface area contributed by atoms with Gasteiger partial charge in [0.05, 0.1) is 42.0 Å². The third-order valence-corrected chi connectivity index (χ3v) is 5.03. The summed E-state index contributed by atoms with van der Waals surface area (Å²) >= 11 is 0. The Morgan fingerprint density at radius 3 is 2.65 bits per heavy atom. The summed E-state index contributed by atoms with van der Waals surface area (Å²) in [6.45, 7) is 3.88. The molecule has 0 radical (unpaired) electrons. The summed E-state index contributed by atoms with van der Waals surface area (Å²) < 4.78 is 58.1. The maximum atomic E-state index is 14.1. The van der Waals surface area contributed by atoms with Crippen LogP contribution in [0.2, 0.25) is 0 Å². The summed E-state index contributed by atoms with van der Waals surface area (Å²) in [6, 6.07) is 8.33. The number of azo groups is 1. The molecular formula is C22H21F4N7O. The molecule has 178 valence electrons. The zero-order valence-corrected chi connectivity index (χ0v) is 18.2. The van der Waals surface area contributed by atoms with Gasteiger partial charge >= 0.3 is 6.18 Å². The van der Waals surface area contributed by atoms with Crippen molar-refractivity contribution in [3.8, 4) is 0 Å². The topological polar surface area (TPSA) is 87.9 Å². The molecule has 0 atom stereocenters. The third-order valence-electron chi connectivity index (χ3n) is 5.03. The SMILES string of the molecule is Cc1nc(CN=Nc2ncc(F)c(N3CCOCC3)n2)ccc1Nc1cccc(C(F)(F)F)c1. The average molecular weight is 475 g/mol. The monoisotopic (exact) mass is 475 g/mol. The van der Waals surface area contributed by atoms with Gasteiger partial charge in [-0.05, 0) is 37.3 Å². The van der Waals surface area contributed by atoms with Gasteiger partial charge in [-0.2, -0.15) is 23.3 Å². The van der Waals surface area contributed by atoms with Crippen molar-refractivity contribution in [2.45, 2.75) is 19.6 Å². The van der Waals surface area contributed by atoms with E-state index in [1.165, 1.54) is 6.07 Å². The summed E-state index contributed by atoms with van der Waals surface area (Å²) in [7, 11) is 0. The average Bonchev–Trinajstić information content (AvgIpc) is 2.82. The number of ether oxygens (including phenoxy) is 1. The van der Waals surface area contributed by atoms with Gasteiger partial charge in [-0.1, -0.05) is 6.07 Å². The molecule has 34 heavy (non-hydrogen) atoms. The van der Waals surface area contributed by atoms with Crippen LogP contribution in [0.25, 0.3) is 0 Å². The maximum Gasteiger partial charge on any atom is 0.416 e. The second kappa shape index (κ2) is 10.1. The van der Waals surface area contributed by atoms with Gasteiger partial charge in [0.1, 0.15) is 6.54 Å². The number of nitrogens with zero attached hydrogens (tertiary/aromatic N) is 6. The van der Waals surface area contributed by atoms with E-state index < -0.39 is 17.6 Å². The van der Waals surface area contributed by atoms with Crippen LogP contribution in [-0.4, -0.2) is 41.3 Å². The Morgan fingerprint density at radius 1 is 1.12 bits per heavy atom. The quantitative estimate of drug-likeness (QED) is 0.389. The summed E-state index contributed by atoms with van der Waals surface area (Å²) in [5.74, 6) is -0.351. The summed E-state index contributed by atoms with van der Waals surface area (Å²) in [5.41, 5.74) is 1.30. The molecule has 2 aromatic heterocycles. The molecule has 1 N–H and O–H groups in total. The Balaban J connectivity index is 1.41. The van der Waals surface area contributed by atoms with Crippen molar-refractivity contribution in [2.75, 3.05) is 36.5 Å². The molecule has 1 aliphatic heterocycles. The Hall–Kier alpha value is -3.67. The van der Waals surface area contributed by atoms with E-state index in [1.54, 1.807) is 30.0 Å². The lowest BCUT2D eigenvalue weighted by atomic mass is 10.2. The first-order valence-corrected chi connectivity index (χ1v) is 10.4. The van der Waals surface area contributed by atoms with Crippen LogP contribution in [-0.2, 0) is 17.5 Å². The van der Waals surface area contributed by atoms with Crippen LogP contribution in [0.15, 0.2) is 52.8 Å². The largest absolute Gasteiger partial charge is 0.416 e. The number of aromatic nitrogens is 3. The van der Waals surface area contributed by atoms with Gasteiger partial charge in [0.15, 0.2) is 11.6 Å². The van der Waals surface area contributed by atoms with E-state index in [0.717, 1.165) is 18.3 Å². The first kappa shape index (κ1) is 23.5. The first-order chi connectivity index (χ1) is 16.3. The fraction of sp³-hybridized carbons (Fsp3) is 0.318. The lowest BCUT2D eigenvalue weighted by Gasteiger charge is -2.27. The standard InChI is InChI=1S/C22H21F4N7O/c1-14-19(30-16-4-2-3-15(11-16)22(24,25)26)6-5-17(29-14)12-28-32-21-27-13-18(23)20(31-21)33-7-9-34-10-8-33/h2-6,11,13,30H,7-10,12H2,1H3. The third kappa shape index (κ3) is 5.81. The lowest BCUT2D eigenvalue weighted by Crippen LogP contribution is -2.37. The number of hydrogen-bond donors (Lipinski definition) is 1. The Labute approximate surface area is 192 Å². The molecule has 1 aliphatic rings. The highest BCUT2D eigenvalue weighted by molar-refractivity contribution is 5.62. The van der Waals surface area contributed by atoms with Crippen molar-refractivity contribution in [1.29, 1.82) is 0 Å². The van der Waals surface area contributed by atoms with E-state index in [2.05, 4.69) is 30.5 Å². The number of halogens is 4. The van der Waals surface area contributed by atoms with E-state index in [-0.39, 0.29) is 18.3 Å². The number of rotatable bonds is 6. The summed E-state index contributed by atoms with van der Waals surface area (Å²) in [4.78, 5) is 14.2. The van der Waals surface area contributed by atoms with Crippen molar-refractivity contribution in [2.24, 2.45) is 10.2 Å². The van der Waals surface area contributed by atoms with Crippen molar-refractivity contribution in [3.05, 3.63) is 65.4 Å². The molecule has 3 aromatic rings. The van der Waals surface area contributed by atoms with Crippen molar-refractivity contribution < 1.29 is 22.3 Å². The van der Waals surface area contributed by atoms with Gasteiger partial charge in [-0.15, -0.1) is 5.11 Å². The fourth-order valence-electron chi connectivity index (χ4n) is 3.33. The molecule has 8 nitrogen and oxygen atoms in total. The van der Waals surface area contributed by atoms with Crippen LogP contribution < -0.4 is 10.2 Å². The van der Waals surface area contributed by atoms with E-state index >= 15 is 0 Å². The molecule has 0 saturated carbocycles. The molecule has 0 amide bonds. The van der Waals surface area contributed by atoms with Crippen LogP contribution in [0.5, 0.6) is 0 Å². The zero-order chi connectivity index (χ0) is 24.1. The van der Waals surface area contributed by atoms with Crippen LogP contribution in [0.3, 0.4) is 0 Å². The van der Waals surface area contributed by atoms with E-state index in [1.807, 2.05) is 0 Å². The van der Waals surface area contributed by atoms with E-state index in [4.69, 9.17) is 4.74 Å². The minimum atomic E-state index is -4.42. The molecule has 1 fully saturated rings. The molecule has 1 aromatic carbocycles. The highest BCUT2D eigenvalue weighted by Gasteiger charge is 2.30. The van der Waals surface area contributed by atoms with Crippen molar-refractivity contribution in [3.63, 3.8) is 0 Å². The van der Waals surface area contributed by atoms with Crippen LogP contribution in [0, 0.1) is 12.7 Å². The zero-order valence-electron chi connectivity index (χ0n) is 18.2. The van der Waals surface area contributed by atoms with Crippen LogP contribution >= 0.6 is 0 Å². The first-order valence-electron chi connectivity index (χ1n) is 10.4. The molecule has 0 spiro atoms. The maximum absolute atomic E-state index is 14.1. The number of nitrogens with one attached hydrogen (secondary N) is 1. The molecule has 0 unspecified atom stereocenters. The number of aryl methyl sites for hydroxylation is 1. The number of morpholine rings is 1. The number of anilines is 3. The molecule has 4 rings (SSSR count). The van der Waals surface area contributed by atoms with Gasteiger partial charge in [0.2, 0.25) is 0 Å². The molecule has 0 bridgehead atoms. The number of benzene rings is 1. The van der Waals surface area contributed by atoms with Crippen molar-refractivity contribution >= 4 is 23.1 Å². The van der Waals surface area contributed by atoms with Crippen LogP contribution in [0.1, 0.15) is 17.0 Å². The normalized spacial score (nSPS) is 14.6. The van der Waals surface area contributed by atoms with E-state index in [9.17, 15) is 17.6 Å². The predicted octanol–water partition coefficient (Wildman–Crippen LogP) is 5.20. The second-order valence-corrected chi connectivity index (χ2v) is 7.48. The van der Waals surface area contributed by atoms with Gasteiger partial charge in [0, 0.05) is 18.8 Å². The summed E-state index contributed by atoms with van der Waals surface area (Å²) in [5, 5.41) is 11.0. The van der Waals surface area contributed by atoms with Crippen LogP contribution in [0.4, 0.5) is 40.7 Å². The summed E-state index contributed by atoms with van der Waals surface area (Å²) in [6.07, 6.45) is -3.36. The van der Waals surface area contributed by atoms with Crippen molar-refractivity contribution in [1.82, 2.24) is 15.0 Å². The number of hydrogen-bond acceptors (Lipinski definition) is 8. The Bertz CT molecular complexity index is 1180. The second-order valence-electron chi connectivity index (χ2n) is 7.48. The molecule has 3 heterocycles. The molecule has 12 heteroatoms. The van der Waals surface area contributed by atoms with E-state index in [0.29, 0.717) is 49.1 Å². The van der Waals surface area contributed by atoms with Gasteiger partial charge in [-0.3, -0.25) is 4.98 Å². The Kier molecular flexibility index (Phi) is 6.96. The fourth-order valence-corrected chi connectivity index (χ4v) is 3.33. The molecule has 0 aliphatic carbocycles. The minimum absolute atomic E-state index is 0.0300. The molecule has 1 saturated heterocycles.